The van der Waals surface area contributed by atoms with Crippen LogP contribution in [0.1, 0.15) is 26.2 Å². The van der Waals surface area contributed by atoms with Crippen molar-refractivity contribution in [1.82, 2.24) is 10.2 Å². The molecule has 3 heteroatoms. The molecular formula is C11H23FN2. The lowest BCUT2D eigenvalue weighted by molar-refractivity contribution is 0.0480. The molecule has 1 saturated heterocycles. The molecule has 0 aromatic rings. The highest BCUT2D eigenvalue weighted by molar-refractivity contribution is 4.86. The van der Waals surface area contributed by atoms with E-state index in [-0.39, 0.29) is 5.92 Å². The van der Waals surface area contributed by atoms with Gasteiger partial charge in [-0.1, -0.05) is 0 Å². The Morgan fingerprint density at radius 3 is 2.50 bits per heavy atom. The van der Waals surface area contributed by atoms with E-state index in [1.54, 1.807) is 6.92 Å². The van der Waals surface area contributed by atoms with Crippen LogP contribution in [0.5, 0.6) is 0 Å². The zero-order valence-electron chi connectivity index (χ0n) is 9.65. The summed E-state index contributed by atoms with van der Waals surface area (Å²) in [5, 5.41) is 3.02. The van der Waals surface area contributed by atoms with Gasteiger partial charge in [0, 0.05) is 0 Å². The molecule has 0 saturated carbocycles. The first kappa shape index (κ1) is 11.9. The summed E-state index contributed by atoms with van der Waals surface area (Å²) in [6.07, 6.45) is 2.65. The molecule has 84 valence electrons. The molecule has 1 aliphatic rings. The first-order valence-electron chi connectivity index (χ1n) is 5.58. The maximum absolute atomic E-state index is 14.2. The Balaban J connectivity index is 2.38. The second-order valence-electron chi connectivity index (χ2n) is 4.71. The molecule has 0 radical (unpaired) electrons. The minimum Gasteiger partial charge on any atom is -0.320 e. The molecule has 0 spiro atoms. The van der Waals surface area contributed by atoms with Gasteiger partial charge in [-0.05, 0) is 65.8 Å². The Hall–Kier alpha value is -0.150. The number of nitrogens with zero attached hydrogens (tertiary/aromatic N) is 1. The second kappa shape index (κ2) is 5.08. The summed E-state index contributed by atoms with van der Waals surface area (Å²) >= 11 is 0. The molecule has 0 aliphatic carbocycles. The van der Waals surface area contributed by atoms with Crippen molar-refractivity contribution in [2.45, 2.75) is 31.9 Å². The minimum atomic E-state index is -0.982. The van der Waals surface area contributed by atoms with E-state index in [4.69, 9.17) is 0 Å². The summed E-state index contributed by atoms with van der Waals surface area (Å²) in [6.45, 7) is 4.63. The summed E-state index contributed by atoms with van der Waals surface area (Å²) in [7, 11) is 3.99. The van der Waals surface area contributed by atoms with Crippen molar-refractivity contribution in [2.75, 3.05) is 33.7 Å². The molecule has 1 atom stereocenters. The van der Waals surface area contributed by atoms with E-state index in [0.717, 1.165) is 32.5 Å². The van der Waals surface area contributed by atoms with Gasteiger partial charge in [0.25, 0.3) is 0 Å². The van der Waals surface area contributed by atoms with Crippen LogP contribution in [0.4, 0.5) is 4.39 Å². The lowest BCUT2D eigenvalue weighted by atomic mass is 9.81. The summed E-state index contributed by atoms with van der Waals surface area (Å²) in [4.78, 5) is 2.28. The van der Waals surface area contributed by atoms with Crippen molar-refractivity contribution in [1.29, 1.82) is 0 Å². The highest BCUT2D eigenvalue weighted by Gasteiger charge is 2.35. The van der Waals surface area contributed by atoms with Gasteiger partial charge in [-0.3, -0.25) is 0 Å². The topological polar surface area (TPSA) is 15.3 Å². The number of piperidine rings is 1. The predicted molar refractivity (Wildman–Crippen MR) is 58.3 cm³/mol. The summed E-state index contributed by atoms with van der Waals surface area (Å²) in [6, 6.07) is 0. The standard InChI is InChI=1S/C11H23FN2/c1-11(12,6-7-13-2)10-4-8-14(3)9-5-10/h10,13H,4-9H2,1-3H3. The van der Waals surface area contributed by atoms with Crippen LogP contribution in [-0.2, 0) is 0 Å². The number of alkyl halides is 1. The smallest absolute Gasteiger partial charge is 0.112 e. The molecule has 1 heterocycles. The van der Waals surface area contributed by atoms with Crippen LogP contribution in [0, 0.1) is 5.92 Å². The largest absolute Gasteiger partial charge is 0.320 e. The summed E-state index contributed by atoms with van der Waals surface area (Å²) in [5.41, 5.74) is -0.982. The molecule has 0 aromatic heterocycles. The van der Waals surface area contributed by atoms with Crippen LogP contribution in [-0.4, -0.2) is 44.3 Å². The number of halogens is 1. The Kier molecular flexibility index (Phi) is 4.32. The molecule has 1 fully saturated rings. The highest BCUT2D eigenvalue weighted by atomic mass is 19.1. The van der Waals surface area contributed by atoms with Crippen molar-refractivity contribution in [3.8, 4) is 0 Å². The Morgan fingerprint density at radius 2 is 2.00 bits per heavy atom. The van der Waals surface area contributed by atoms with E-state index in [0.29, 0.717) is 6.42 Å². The molecule has 2 nitrogen and oxygen atoms in total. The van der Waals surface area contributed by atoms with Gasteiger partial charge in [0.05, 0.1) is 0 Å². The lowest BCUT2D eigenvalue weighted by Gasteiger charge is -2.36. The molecule has 1 N–H and O–H groups in total. The normalized spacial score (nSPS) is 24.9. The summed E-state index contributed by atoms with van der Waals surface area (Å²) in [5.74, 6) is 0.257. The van der Waals surface area contributed by atoms with Crippen molar-refractivity contribution >= 4 is 0 Å². The van der Waals surface area contributed by atoms with Gasteiger partial charge < -0.3 is 10.2 Å². The number of hydrogen-bond acceptors (Lipinski definition) is 2. The van der Waals surface area contributed by atoms with Gasteiger partial charge >= 0.3 is 0 Å². The molecule has 1 unspecified atom stereocenters. The number of hydrogen-bond donors (Lipinski definition) is 1. The molecule has 0 amide bonds. The van der Waals surface area contributed by atoms with Crippen LogP contribution in [0.25, 0.3) is 0 Å². The van der Waals surface area contributed by atoms with Gasteiger partial charge in [0.15, 0.2) is 0 Å². The van der Waals surface area contributed by atoms with Gasteiger partial charge in [-0.2, -0.15) is 0 Å². The Morgan fingerprint density at radius 1 is 1.43 bits per heavy atom. The van der Waals surface area contributed by atoms with Crippen LogP contribution in [0.3, 0.4) is 0 Å². The predicted octanol–water partition coefficient (Wildman–Crippen LogP) is 1.67. The third-order valence-corrected chi connectivity index (χ3v) is 3.43. The third-order valence-electron chi connectivity index (χ3n) is 3.43. The van der Waals surface area contributed by atoms with Gasteiger partial charge in [0.2, 0.25) is 0 Å². The highest BCUT2D eigenvalue weighted by Crippen LogP contribution is 2.33. The van der Waals surface area contributed by atoms with E-state index in [1.807, 2.05) is 7.05 Å². The maximum Gasteiger partial charge on any atom is 0.112 e. The summed E-state index contributed by atoms with van der Waals surface area (Å²) < 4.78 is 14.2. The van der Waals surface area contributed by atoms with Gasteiger partial charge in [-0.15, -0.1) is 0 Å². The van der Waals surface area contributed by atoms with Crippen molar-refractivity contribution in [3.05, 3.63) is 0 Å². The van der Waals surface area contributed by atoms with E-state index >= 15 is 0 Å². The maximum atomic E-state index is 14.2. The zero-order chi connectivity index (χ0) is 10.6. The fourth-order valence-corrected chi connectivity index (χ4v) is 2.18. The van der Waals surface area contributed by atoms with Crippen LogP contribution in [0.15, 0.2) is 0 Å². The van der Waals surface area contributed by atoms with E-state index in [2.05, 4.69) is 17.3 Å². The van der Waals surface area contributed by atoms with Gasteiger partial charge in [-0.25, -0.2) is 4.39 Å². The zero-order valence-corrected chi connectivity index (χ0v) is 9.65. The first-order chi connectivity index (χ1) is 6.56. The molecule has 14 heavy (non-hydrogen) atoms. The molecule has 0 aromatic carbocycles. The minimum absolute atomic E-state index is 0.257. The Labute approximate surface area is 86.9 Å². The van der Waals surface area contributed by atoms with Crippen LogP contribution >= 0.6 is 0 Å². The van der Waals surface area contributed by atoms with Crippen LogP contribution < -0.4 is 5.32 Å². The molecule has 1 rings (SSSR count). The number of nitrogens with one attached hydrogen (secondary N) is 1. The fourth-order valence-electron chi connectivity index (χ4n) is 2.18. The van der Waals surface area contributed by atoms with Crippen molar-refractivity contribution < 1.29 is 4.39 Å². The molecule has 0 bridgehead atoms. The van der Waals surface area contributed by atoms with E-state index in [9.17, 15) is 4.39 Å². The number of rotatable bonds is 4. The fraction of sp³-hybridized carbons (Fsp3) is 1.00. The van der Waals surface area contributed by atoms with E-state index in [1.165, 1.54) is 0 Å². The van der Waals surface area contributed by atoms with Crippen molar-refractivity contribution in [2.24, 2.45) is 5.92 Å². The SMILES string of the molecule is CNCCC(C)(F)C1CCN(C)CC1. The first-order valence-corrected chi connectivity index (χ1v) is 5.58. The molecule has 1 aliphatic heterocycles. The average Bonchev–Trinajstić information content (AvgIpc) is 2.16. The monoisotopic (exact) mass is 202 g/mol. The number of likely N-dealkylation sites (tertiary alicyclic amines) is 1. The lowest BCUT2D eigenvalue weighted by Crippen LogP contribution is -2.41. The average molecular weight is 202 g/mol. The van der Waals surface area contributed by atoms with Gasteiger partial charge in [0.1, 0.15) is 5.67 Å². The molecular weight excluding hydrogens is 179 g/mol. The third kappa shape index (κ3) is 3.21. The Bertz CT molecular complexity index is 163. The van der Waals surface area contributed by atoms with Crippen molar-refractivity contribution in [3.63, 3.8) is 0 Å². The van der Waals surface area contributed by atoms with Crippen LogP contribution in [0.2, 0.25) is 0 Å². The second-order valence-corrected chi connectivity index (χ2v) is 4.71. The van der Waals surface area contributed by atoms with E-state index < -0.39 is 5.67 Å². The quantitative estimate of drug-likeness (QED) is 0.746.